The maximum atomic E-state index is 10.9. The number of anilines is 1. The molecule has 1 aromatic rings. The Morgan fingerprint density at radius 2 is 1.89 bits per heavy atom. The molecule has 4 heteroatoms. The molecule has 0 aliphatic rings. The summed E-state index contributed by atoms with van der Waals surface area (Å²) in [5.74, 6) is 0.195. The number of carbonyl (C=O) groups excluding carboxylic acids is 1. The molecule has 1 unspecified atom stereocenters. The Kier molecular flexibility index (Phi) is 5.82. The topological polar surface area (TPSA) is 61.4 Å². The highest BCUT2D eigenvalue weighted by atomic mass is 16.3. The standard InChI is InChI=1S/C14H22N2O2/c1-10(2)14(18)9-15-8-12-4-6-13(7-5-12)16-11(3)17/h4-7,10,14-15,18H,8-9H2,1-3H3,(H,16,17). The Morgan fingerprint density at radius 3 is 2.39 bits per heavy atom. The lowest BCUT2D eigenvalue weighted by atomic mass is 10.1. The molecule has 0 saturated heterocycles. The molecular weight excluding hydrogens is 228 g/mol. The molecule has 0 aromatic heterocycles. The number of aliphatic hydroxyl groups is 1. The number of amides is 1. The highest BCUT2D eigenvalue weighted by Crippen LogP contribution is 2.09. The maximum Gasteiger partial charge on any atom is 0.221 e. The van der Waals surface area contributed by atoms with Crippen LogP contribution in [0.25, 0.3) is 0 Å². The summed E-state index contributed by atoms with van der Waals surface area (Å²) in [5.41, 5.74) is 1.92. The highest BCUT2D eigenvalue weighted by molar-refractivity contribution is 5.88. The van der Waals surface area contributed by atoms with E-state index in [2.05, 4.69) is 10.6 Å². The third kappa shape index (κ3) is 5.29. The van der Waals surface area contributed by atoms with Crippen molar-refractivity contribution in [3.8, 4) is 0 Å². The van der Waals surface area contributed by atoms with E-state index in [4.69, 9.17) is 0 Å². The van der Waals surface area contributed by atoms with Crippen LogP contribution in [-0.4, -0.2) is 23.7 Å². The number of benzene rings is 1. The van der Waals surface area contributed by atoms with Crippen LogP contribution in [0.2, 0.25) is 0 Å². The van der Waals surface area contributed by atoms with Crippen LogP contribution in [0, 0.1) is 5.92 Å². The third-order valence-corrected chi connectivity index (χ3v) is 2.73. The molecule has 1 amide bonds. The van der Waals surface area contributed by atoms with Crippen molar-refractivity contribution < 1.29 is 9.90 Å². The molecule has 0 radical (unpaired) electrons. The molecule has 4 nitrogen and oxygen atoms in total. The van der Waals surface area contributed by atoms with Gasteiger partial charge < -0.3 is 15.7 Å². The quantitative estimate of drug-likeness (QED) is 0.721. The highest BCUT2D eigenvalue weighted by Gasteiger charge is 2.07. The number of aliphatic hydroxyl groups excluding tert-OH is 1. The summed E-state index contributed by atoms with van der Waals surface area (Å²) < 4.78 is 0. The van der Waals surface area contributed by atoms with E-state index < -0.39 is 0 Å². The summed E-state index contributed by atoms with van der Waals surface area (Å²) in [5, 5.41) is 15.6. The van der Waals surface area contributed by atoms with Crippen LogP contribution in [0.15, 0.2) is 24.3 Å². The van der Waals surface area contributed by atoms with Crippen molar-refractivity contribution in [2.24, 2.45) is 5.92 Å². The first-order chi connectivity index (χ1) is 8.49. The largest absolute Gasteiger partial charge is 0.392 e. The molecule has 1 atom stereocenters. The Balaban J connectivity index is 2.37. The van der Waals surface area contributed by atoms with Gasteiger partial charge in [0.15, 0.2) is 0 Å². The Hall–Kier alpha value is -1.39. The van der Waals surface area contributed by atoms with Crippen LogP contribution in [0.5, 0.6) is 0 Å². The van der Waals surface area contributed by atoms with Crippen molar-refractivity contribution in [2.75, 3.05) is 11.9 Å². The lowest BCUT2D eigenvalue weighted by Gasteiger charge is -2.15. The molecular formula is C14H22N2O2. The molecule has 0 aliphatic heterocycles. The fourth-order valence-corrected chi connectivity index (χ4v) is 1.51. The Bertz CT molecular complexity index is 374. The molecule has 100 valence electrons. The minimum absolute atomic E-state index is 0.0686. The van der Waals surface area contributed by atoms with Crippen LogP contribution in [0.4, 0.5) is 5.69 Å². The molecule has 3 N–H and O–H groups in total. The number of hydrogen-bond acceptors (Lipinski definition) is 3. The first kappa shape index (κ1) is 14.7. The van der Waals surface area contributed by atoms with Gasteiger partial charge in [0.2, 0.25) is 5.91 Å². The van der Waals surface area contributed by atoms with Crippen molar-refractivity contribution in [1.29, 1.82) is 0 Å². The predicted molar refractivity (Wildman–Crippen MR) is 73.3 cm³/mol. The normalized spacial score (nSPS) is 12.5. The fourth-order valence-electron chi connectivity index (χ4n) is 1.51. The van der Waals surface area contributed by atoms with Crippen molar-refractivity contribution in [3.63, 3.8) is 0 Å². The Morgan fingerprint density at radius 1 is 1.28 bits per heavy atom. The van der Waals surface area contributed by atoms with Gasteiger partial charge >= 0.3 is 0 Å². The van der Waals surface area contributed by atoms with Crippen molar-refractivity contribution >= 4 is 11.6 Å². The van der Waals surface area contributed by atoms with E-state index in [9.17, 15) is 9.90 Å². The zero-order valence-corrected chi connectivity index (χ0v) is 11.2. The molecule has 18 heavy (non-hydrogen) atoms. The zero-order valence-electron chi connectivity index (χ0n) is 11.2. The van der Waals surface area contributed by atoms with Crippen LogP contribution in [-0.2, 0) is 11.3 Å². The summed E-state index contributed by atoms with van der Waals surface area (Å²) in [7, 11) is 0. The van der Waals surface area contributed by atoms with E-state index in [1.54, 1.807) is 0 Å². The van der Waals surface area contributed by atoms with Gasteiger partial charge in [0.1, 0.15) is 0 Å². The monoisotopic (exact) mass is 250 g/mol. The van der Waals surface area contributed by atoms with Gasteiger partial charge in [-0.1, -0.05) is 26.0 Å². The molecule has 0 bridgehead atoms. The maximum absolute atomic E-state index is 10.9. The second kappa shape index (κ2) is 7.13. The number of rotatable bonds is 6. The van der Waals surface area contributed by atoms with E-state index in [-0.39, 0.29) is 17.9 Å². The molecule has 0 spiro atoms. The van der Waals surface area contributed by atoms with E-state index >= 15 is 0 Å². The van der Waals surface area contributed by atoms with Gasteiger partial charge in [-0.25, -0.2) is 0 Å². The van der Waals surface area contributed by atoms with Crippen LogP contribution in [0.3, 0.4) is 0 Å². The second-order valence-corrected chi connectivity index (χ2v) is 4.82. The number of hydrogen-bond donors (Lipinski definition) is 3. The number of nitrogens with one attached hydrogen (secondary N) is 2. The average Bonchev–Trinajstić information content (AvgIpc) is 2.30. The van der Waals surface area contributed by atoms with Gasteiger partial charge in [-0.15, -0.1) is 0 Å². The molecule has 0 heterocycles. The molecule has 1 rings (SSSR count). The molecule has 0 fully saturated rings. The summed E-state index contributed by atoms with van der Waals surface area (Å²) in [4.78, 5) is 10.9. The van der Waals surface area contributed by atoms with E-state index in [0.717, 1.165) is 11.3 Å². The van der Waals surface area contributed by atoms with Crippen LogP contribution in [0.1, 0.15) is 26.3 Å². The van der Waals surface area contributed by atoms with Crippen molar-refractivity contribution in [2.45, 2.75) is 33.4 Å². The van der Waals surface area contributed by atoms with Crippen LogP contribution < -0.4 is 10.6 Å². The van der Waals surface area contributed by atoms with Gasteiger partial charge in [0.05, 0.1) is 6.10 Å². The zero-order chi connectivity index (χ0) is 13.5. The Labute approximate surface area is 108 Å². The average molecular weight is 250 g/mol. The number of carbonyl (C=O) groups is 1. The molecule has 1 aromatic carbocycles. The smallest absolute Gasteiger partial charge is 0.221 e. The van der Waals surface area contributed by atoms with E-state index in [1.807, 2.05) is 38.1 Å². The van der Waals surface area contributed by atoms with Gasteiger partial charge in [-0.3, -0.25) is 4.79 Å². The van der Waals surface area contributed by atoms with E-state index in [1.165, 1.54) is 6.92 Å². The molecule has 0 saturated carbocycles. The summed E-state index contributed by atoms with van der Waals surface area (Å²) in [6.07, 6.45) is -0.316. The minimum atomic E-state index is -0.316. The summed E-state index contributed by atoms with van der Waals surface area (Å²) in [6.45, 7) is 6.78. The summed E-state index contributed by atoms with van der Waals surface area (Å²) in [6, 6.07) is 7.66. The van der Waals surface area contributed by atoms with Gasteiger partial charge in [0, 0.05) is 25.7 Å². The lowest BCUT2D eigenvalue weighted by molar-refractivity contribution is -0.114. The third-order valence-electron chi connectivity index (χ3n) is 2.73. The van der Waals surface area contributed by atoms with Gasteiger partial charge in [-0.2, -0.15) is 0 Å². The van der Waals surface area contributed by atoms with Gasteiger partial charge in [0.25, 0.3) is 0 Å². The first-order valence-corrected chi connectivity index (χ1v) is 6.24. The SMILES string of the molecule is CC(=O)Nc1ccc(CNCC(O)C(C)C)cc1. The second-order valence-electron chi connectivity index (χ2n) is 4.82. The van der Waals surface area contributed by atoms with E-state index in [0.29, 0.717) is 13.1 Å². The predicted octanol–water partition coefficient (Wildman–Crippen LogP) is 1.75. The fraction of sp³-hybridized carbons (Fsp3) is 0.500. The van der Waals surface area contributed by atoms with Gasteiger partial charge in [-0.05, 0) is 23.6 Å². The van der Waals surface area contributed by atoms with Crippen molar-refractivity contribution in [1.82, 2.24) is 5.32 Å². The summed E-state index contributed by atoms with van der Waals surface area (Å²) >= 11 is 0. The van der Waals surface area contributed by atoms with Crippen LogP contribution >= 0.6 is 0 Å². The molecule has 0 aliphatic carbocycles. The lowest BCUT2D eigenvalue weighted by Crippen LogP contribution is -2.30. The first-order valence-electron chi connectivity index (χ1n) is 6.24. The van der Waals surface area contributed by atoms with Crippen molar-refractivity contribution in [3.05, 3.63) is 29.8 Å². The minimum Gasteiger partial charge on any atom is -0.392 e.